The number of aromatic nitrogens is 1. The van der Waals surface area contributed by atoms with Crippen LogP contribution in [0.3, 0.4) is 0 Å². The van der Waals surface area contributed by atoms with E-state index in [9.17, 15) is 0 Å². The Kier molecular flexibility index (Phi) is 2.64. The van der Waals surface area contributed by atoms with E-state index in [1.54, 1.807) is 6.20 Å². The zero-order valence-electron chi connectivity index (χ0n) is 10.4. The standard InChI is InChI=1S/C15H15N3/c1-11-3-2-8-18(11)13-4-5-14-12(9-13)6-7-17-15(14)10-16/h4-7,9,11H,2-3,8H2,1H3/t11-/m0/s1. The Balaban J connectivity index is 2.09. The SMILES string of the molecule is C[C@H]1CCCN1c1ccc2c(C#N)nccc2c1. The fraction of sp³-hybridized carbons (Fsp3) is 0.333. The summed E-state index contributed by atoms with van der Waals surface area (Å²) in [5.74, 6) is 0. The first-order valence-corrected chi connectivity index (χ1v) is 6.35. The van der Waals surface area contributed by atoms with Crippen molar-refractivity contribution in [3.63, 3.8) is 0 Å². The van der Waals surface area contributed by atoms with Crippen LogP contribution < -0.4 is 4.90 Å². The number of nitrogens with zero attached hydrogens (tertiary/aromatic N) is 3. The Morgan fingerprint density at radius 3 is 3.00 bits per heavy atom. The largest absolute Gasteiger partial charge is 0.369 e. The molecule has 3 nitrogen and oxygen atoms in total. The van der Waals surface area contributed by atoms with Gasteiger partial charge in [0.1, 0.15) is 11.8 Å². The number of fused-ring (bicyclic) bond motifs is 1. The van der Waals surface area contributed by atoms with Crippen LogP contribution in [-0.2, 0) is 0 Å². The van der Waals surface area contributed by atoms with Crippen LogP contribution in [0.1, 0.15) is 25.5 Å². The molecule has 1 fully saturated rings. The molecule has 0 saturated carbocycles. The van der Waals surface area contributed by atoms with Crippen molar-refractivity contribution in [2.45, 2.75) is 25.8 Å². The van der Waals surface area contributed by atoms with Gasteiger partial charge in [-0.15, -0.1) is 0 Å². The van der Waals surface area contributed by atoms with Crippen LogP contribution in [0.15, 0.2) is 30.5 Å². The fourth-order valence-corrected chi connectivity index (χ4v) is 2.75. The summed E-state index contributed by atoms with van der Waals surface area (Å²) in [4.78, 5) is 6.53. The van der Waals surface area contributed by atoms with Crippen LogP contribution in [0, 0.1) is 11.3 Å². The molecule has 2 heterocycles. The first-order chi connectivity index (χ1) is 8.79. The van der Waals surface area contributed by atoms with Crippen LogP contribution in [0.2, 0.25) is 0 Å². The molecule has 3 heteroatoms. The lowest BCUT2D eigenvalue weighted by molar-refractivity contribution is 0.735. The fourth-order valence-electron chi connectivity index (χ4n) is 2.75. The zero-order chi connectivity index (χ0) is 12.5. The van der Waals surface area contributed by atoms with Gasteiger partial charge < -0.3 is 4.90 Å². The van der Waals surface area contributed by atoms with Crippen molar-refractivity contribution >= 4 is 16.5 Å². The van der Waals surface area contributed by atoms with Gasteiger partial charge in [0.25, 0.3) is 0 Å². The monoisotopic (exact) mass is 237 g/mol. The molecule has 18 heavy (non-hydrogen) atoms. The molecule has 1 aliphatic rings. The van der Waals surface area contributed by atoms with Crippen molar-refractivity contribution in [1.82, 2.24) is 4.98 Å². The first-order valence-electron chi connectivity index (χ1n) is 6.35. The first kappa shape index (κ1) is 11.0. The van der Waals surface area contributed by atoms with E-state index in [0.29, 0.717) is 11.7 Å². The molecule has 0 N–H and O–H groups in total. The highest BCUT2D eigenvalue weighted by Gasteiger charge is 2.20. The Labute approximate surface area is 107 Å². The van der Waals surface area contributed by atoms with Gasteiger partial charge in [-0.3, -0.25) is 0 Å². The van der Waals surface area contributed by atoms with Gasteiger partial charge in [0.2, 0.25) is 0 Å². The van der Waals surface area contributed by atoms with Crippen LogP contribution in [0.5, 0.6) is 0 Å². The second kappa shape index (κ2) is 4.30. The molecule has 0 radical (unpaired) electrons. The summed E-state index contributed by atoms with van der Waals surface area (Å²) < 4.78 is 0. The zero-order valence-corrected chi connectivity index (χ0v) is 10.4. The molecular formula is C15H15N3. The Bertz CT molecular complexity index is 627. The van der Waals surface area contributed by atoms with E-state index < -0.39 is 0 Å². The molecule has 1 aromatic carbocycles. The smallest absolute Gasteiger partial charge is 0.148 e. The number of pyridine rings is 1. The Morgan fingerprint density at radius 1 is 1.39 bits per heavy atom. The van der Waals surface area contributed by atoms with Gasteiger partial charge in [-0.1, -0.05) is 0 Å². The highest BCUT2D eigenvalue weighted by Crippen LogP contribution is 2.28. The summed E-state index contributed by atoms with van der Waals surface area (Å²) in [6.45, 7) is 3.40. The van der Waals surface area contributed by atoms with Gasteiger partial charge in [0.05, 0.1) is 0 Å². The minimum atomic E-state index is 0.508. The van der Waals surface area contributed by atoms with E-state index in [1.165, 1.54) is 18.5 Å². The molecule has 1 aliphatic heterocycles. The number of nitriles is 1. The minimum absolute atomic E-state index is 0.508. The molecule has 1 saturated heterocycles. The third kappa shape index (κ3) is 1.70. The van der Waals surface area contributed by atoms with Crippen molar-refractivity contribution in [3.05, 3.63) is 36.2 Å². The molecule has 0 amide bonds. The average Bonchev–Trinajstić information content (AvgIpc) is 2.83. The van der Waals surface area contributed by atoms with E-state index in [1.807, 2.05) is 12.1 Å². The van der Waals surface area contributed by atoms with Crippen LogP contribution in [-0.4, -0.2) is 17.6 Å². The summed E-state index contributed by atoms with van der Waals surface area (Å²) in [5.41, 5.74) is 1.76. The lowest BCUT2D eigenvalue weighted by atomic mass is 10.1. The number of rotatable bonds is 1. The number of hydrogen-bond acceptors (Lipinski definition) is 3. The van der Waals surface area contributed by atoms with Crippen molar-refractivity contribution < 1.29 is 0 Å². The molecule has 90 valence electrons. The molecule has 1 atom stereocenters. The number of benzene rings is 1. The lowest BCUT2D eigenvalue weighted by Crippen LogP contribution is -2.26. The number of anilines is 1. The maximum absolute atomic E-state index is 9.04. The van der Waals surface area contributed by atoms with E-state index in [4.69, 9.17) is 5.26 Å². The van der Waals surface area contributed by atoms with E-state index >= 15 is 0 Å². The molecule has 0 bridgehead atoms. The Hall–Kier alpha value is -2.08. The molecule has 0 spiro atoms. The molecule has 3 rings (SSSR count). The number of hydrogen-bond donors (Lipinski definition) is 0. The van der Waals surface area contributed by atoms with Crippen molar-refractivity contribution in [1.29, 1.82) is 5.26 Å². The normalized spacial score (nSPS) is 19.1. The van der Waals surface area contributed by atoms with Gasteiger partial charge in [-0.2, -0.15) is 5.26 Å². The van der Waals surface area contributed by atoms with Gasteiger partial charge >= 0.3 is 0 Å². The molecule has 2 aromatic rings. The van der Waals surface area contributed by atoms with Gasteiger partial charge in [-0.05, 0) is 49.4 Å². The van der Waals surface area contributed by atoms with Crippen molar-refractivity contribution in [3.8, 4) is 6.07 Å². The third-order valence-electron chi connectivity index (χ3n) is 3.74. The van der Waals surface area contributed by atoms with Crippen LogP contribution in [0.4, 0.5) is 5.69 Å². The summed E-state index contributed by atoms with van der Waals surface area (Å²) in [5, 5.41) is 11.1. The summed E-state index contributed by atoms with van der Waals surface area (Å²) >= 11 is 0. The lowest BCUT2D eigenvalue weighted by Gasteiger charge is -2.24. The highest BCUT2D eigenvalue weighted by atomic mass is 15.2. The summed E-state index contributed by atoms with van der Waals surface area (Å²) in [6.07, 6.45) is 4.23. The molecular weight excluding hydrogens is 222 g/mol. The predicted octanol–water partition coefficient (Wildman–Crippen LogP) is 3.10. The molecule has 0 aliphatic carbocycles. The van der Waals surface area contributed by atoms with E-state index in [0.717, 1.165) is 17.3 Å². The van der Waals surface area contributed by atoms with E-state index in [-0.39, 0.29) is 0 Å². The highest BCUT2D eigenvalue weighted by molar-refractivity contribution is 5.89. The van der Waals surface area contributed by atoms with Crippen molar-refractivity contribution in [2.75, 3.05) is 11.4 Å². The van der Waals surface area contributed by atoms with E-state index in [2.05, 4.69) is 35.0 Å². The average molecular weight is 237 g/mol. The van der Waals surface area contributed by atoms with Gasteiger partial charge in [-0.25, -0.2) is 4.98 Å². The maximum atomic E-state index is 9.04. The topological polar surface area (TPSA) is 39.9 Å². The second-order valence-corrected chi connectivity index (χ2v) is 4.86. The molecule has 0 unspecified atom stereocenters. The van der Waals surface area contributed by atoms with Gasteiger partial charge in [0, 0.05) is 29.9 Å². The quantitative estimate of drug-likeness (QED) is 0.765. The van der Waals surface area contributed by atoms with Crippen LogP contribution >= 0.6 is 0 Å². The molecule has 1 aromatic heterocycles. The Morgan fingerprint density at radius 2 is 2.28 bits per heavy atom. The third-order valence-corrected chi connectivity index (χ3v) is 3.74. The van der Waals surface area contributed by atoms with Crippen molar-refractivity contribution in [2.24, 2.45) is 0 Å². The maximum Gasteiger partial charge on any atom is 0.148 e. The summed E-state index contributed by atoms with van der Waals surface area (Å²) in [7, 11) is 0. The predicted molar refractivity (Wildman–Crippen MR) is 72.5 cm³/mol. The second-order valence-electron chi connectivity index (χ2n) is 4.86. The van der Waals surface area contributed by atoms with Crippen LogP contribution in [0.25, 0.3) is 10.8 Å². The van der Waals surface area contributed by atoms with Gasteiger partial charge in [0.15, 0.2) is 0 Å². The minimum Gasteiger partial charge on any atom is -0.369 e. The summed E-state index contributed by atoms with van der Waals surface area (Å²) in [6, 6.07) is 11.0.